The van der Waals surface area contributed by atoms with Gasteiger partial charge in [-0.1, -0.05) is 54.6 Å². The van der Waals surface area contributed by atoms with E-state index in [2.05, 4.69) is 4.89 Å². The minimum absolute atomic E-state index is 0.134. The van der Waals surface area contributed by atoms with E-state index in [1.54, 1.807) is 91.0 Å². The molecule has 1 N–H and O–H groups in total. The van der Waals surface area contributed by atoms with Gasteiger partial charge in [0.25, 0.3) is 0 Å². The predicted molar refractivity (Wildman–Crippen MR) is 125 cm³/mol. The smallest absolute Gasteiger partial charge is 0.338 e. The van der Waals surface area contributed by atoms with Crippen LogP contribution in [0, 0.1) is 0 Å². The molecule has 1 aliphatic rings. The lowest BCUT2D eigenvalue weighted by atomic mass is 10.0. The highest BCUT2D eigenvalue weighted by Gasteiger charge is 2.45. The second kappa shape index (κ2) is 12.1. The standard InChI is InChI=1S/C27H24O9/c28-25(18-10-4-1-5-11-18)32-17-22-24(35-27(30)20-14-8-3-9-15-20)21(16-23(33-22)36-31)34-26(29)19-12-6-2-7-13-19/h1-15,21-24,31H,16-17H2/t21-,22-,23-,24+/m1/s1. The van der Waals surface area contributed by atoms with E-state index >= 15 is 0 Å². The number of hydrogen-bond donors (Lipinski definition) is 1. The summed E-state index contributed by atoms with van der Waals surface area (Å²) in [6.45, 7) is -0.361. The Morgan fingerprint density at radius 3 is 1.69 bits per heavy atom. The first-order valence-corrected chi connectivity index (χ1v) is 11.2. The van der Waals surface area contributed by atoms with Gasteiger partial charge in [0, 0.05) is 6.42 Å². The second-order valence-electron chi connectivity index (χ2n) is 7.96. The van der Waals surface area contributed by atoms with Crippen molar-refractivity contribution in [2.45, 2.75) is 31.0 Å². The van der Waals surface area contributed by atoms with Crippen molar-refractivity contribution in [3.63, 3.8) is 0 Å². The van der Waals surface area contributed by atoms with Crippen molar-refractivity contribution in [3.05, 3.63) is 108 Å². The highest BCUT2D eigenvalue weighted by atomic mass is 17.1. The molecule has 0 unspecified atom stereocenters. The molecule has 186 valence electrons. The van der Waals surface area contributed by atoms with Crippen LogP contribution in [0.15, 0.2) is 91.0 Å². The summed E-state index contributed by atoms with van der Waals surface area (Å²) in [7, 11) is 0. The van der Waals surface area contributed by atoms with E-state index < -0.39 is 42.5 Å². The van der Waals surface area contributed by atoms with Crippen LogP contribution in [-0.2, 0) is 23.8 Å². The molecule has 0 saturated carbocycles. The van der Waals surface area contributed by atoms with Gasteiger partial charge in [0.1, 0.15) is 18.8 Å². The van der Waals surface area contributed by atoms with Crippen LogP contribution in [0.5, 0.6) is 0 Å². The Bertz CT molecular complexity index is 1150. The molecule has 0 spiro atoms. The fourth-order valence-corrected chi connectivity index (χ4v) is 3.72. The van der Waals surface area contributed by atoms with Crippen molar-refractivity contribution in [2.75, 3.05) is 6.61 Å². The normalized spacial score (nSPS) is 21.2. The van der Waals surface area contributed by atoms with Gasteiger partial charge in [-0.3, -0.25) is 0 Å². The molecule has 0 aliphatic carbocycles. The number of rotatable bonds is 8. The lowest BCUT2D eigenvalue weighted by Gasteiger charge is -2.39. The number of esters is 3. The summed E-state index contributed by atoms with van der Waals surface area (Å²) in [5.74, 6) is -1.98. The van der Waals surface area contributed by atoms with E-state index in [-0.39, 0.29) is 24.2 Å². The zero-order valence-corrected chi connectivity index (χ0v) is 19.1. The van der Waals surface area contributed by atoms with E-state index in [0.29, 0.717) is 5.56 Å². The summed E-state index contributed by atoms with van der Waals surface area (Å²) in [5, 5.41) is 9.30. The third-order valence-corrected chi connectivity index (χ3v) is 5.51. The van der Waals surface area contributed by atoms with Crippen molar-refractivity contribution in [3.8, 4) is 0 Å². The largest absolute Gasteiger partial charge is 0.459 e. The van der Waals surface area contributed by atoms with Crippen LogP contribution in [0.1, 0.15) is 37.5 Å². The van der Waals surface area contributed by atoms with E-state index in [9.17, 15) is 19.6 Å². The average Bonchev–Trinajstić information content (AvgIpc) is 2.94. The molecular weight excluding hydrogens is 468 g/mol. The summed E-state index contributed by atoms with van der Waals surface area (Å²) in [6.07, 6.45) is -4.70. The summed E-state index contributed by atoms with van der Waals surface area (Å²) >= 11 is 0. The van der Waals surface area contributed by atoms with Crippen molar-refractivity contribution in [2.24, 2.45) is 0 Å². The molecule has 3 aromatic rings. The van der Waals surface area contributed by atoms with Crippen LogP contribution >= 0.6 is 0 Å². The van der Waals surface area contributed by atoms with Gasteiger partial charge in [0.15, 0.2) is 12.4 Å². The van der Waals surface area contributed by atoms with Gasteiger partial charge in [-0.25, -0.2) is 24.5 Å². The monoisotopic (exact) mass is 492 g/mol. The maximum absolute atomic E-state index is 12.9. The second-order valence-corrected chi connectivity index (χ2v) is 7.96. The zero-order valence-electron chi connectivity index (χ0n) is 19.1. The van der Waals surface area contributed by atoms with Crippen molar-refractivity contribution in [1.29, 1.82) is 0 Å². The number of benzene rings is 3. The summed E-state index contributed by atoms with van der Waals surface area (Å²) in [4.78, 5) is 42.5. The molecule has 4 atom stereocenters. The Labute approximate surface area is 207 Å². The molecule has 0 amide bonds. The van der Waals surface area contributed by atoms with E-state index in [0.717, 1.165) is 0 Å². The Balaban J connectivity index is 1.56. The van der Waals surface area contributed by atoms with Crippen LogP contribution in [0.2, 0.25) is 0 Å². The van der Waals surface area contributed by atoms with Crippen LogP contribution < -0.4 is 0 Å². The summed E-state index contributed by atoms with van der Waals surface area (Å²) in [5.41, 5.74) is 0.866. The van der Waals surface area contributed by atoms with Gasteiger partial charge in [-0.2, -0.15) is 0 Å². The molecule has 0 bridgehead atoms. The molecule has 1 saturated heterocycles. The Kier molecular flexibility index (Phi) is 8.40. The molecule has 3 aromatic carbocycles. The van der Waals surface area contributed by atoms with Gasteiger partial charge in [0.2, 0.25) is 0 Å². The van der Waals surface area contributed by atoms with Crippen LogP contribution in [0.25, 0.3) is 0 Å². The number of hydrogen-bond acceptors (Lipinski definition) is 9. The van der Waals surface area contributed by atoms with Gasteiger partial charge < -0.3 is 18.9 Å². The van der Waals surface area contributed by atoms with Gasteiger partial charge >= 0.3 is 17.9 Å². The van der Waals surface area contributed by atoms with Gasteiger partial charge in [-0.15, -0.1) is 0 Å². The van der Waals surface area contributed by atoms with E-state index in [4.69, 9.17) is 18.9 Å². The molecular formula is C27H24O9. The SMILES string of the molecule is O=C(OC[C@H]1O[C@H](OO)C[C@@H](OC(=O)c2ccccc2)[C@@H]1OC(=O)c1ccccc1)c1ccccc1. The van der Waals surface area contributed by atoms with Crippen molar-refractivity contribution in [1.82, 2.24) is 0 Å². The Hall–Kier alpha value is -4.05. The third kappa shape index (κ3) is 6.33. The molecule has 1 heterocycles. The maximum Gasteiger partial charge on any atom is 0.338 e. The van der Waals surface area contributed by atoms with Crippen LogP contribution in [-0.4, -0.2) is 54.4 Å². The molecule has 1 fully saturated rings. The Morgan fingerprint density at radius 2 is 1.19 bits per heavy atom. The van der Waals surface area contributed by atoms with Crippen molar-refractivity contribution >= 4 is 17.9 Å². The first kappa shape index (κ1) is 25.1. The highest BCUT2D eigenvalue weighted by Crippen LogP contribution is 2.28. The molecule has 0 radical (unpaired) electrons. The topological polar surface area (TPSA) is 118 Å². The zero-order chi connectivity index (χ0) is 25.3. The average molecular weight is 492 g/mol. The quantitative estimate of drug-likeness (QED) is 0.216. The van der Waals surface area contributed by atoms with Crippen LogP contribution in [0.4, 0.5) is 0 Å². The van der Waals surface area contributed by atoms with Crippen LogP contribution in [0.3, 0.4) is 0 Å². The minimum atomic E-state index is -1.22. The third-order valence-electron chi connectivity index (χ3n) is 5.51. The van der Waals surface area contributed by atoms with Gasteiger partial charge in [-0.05, 0) is 36.4 Å². The van der Waals surface area contributed by atoms with Crippen molar-refractivity contribution < 1.29 is 43.5 Å². The van der Waals surface area contributed by atoms with E-state index in [1.165, 1.54) is 0 Å². The van der Waals surface area contributed by atoms with E-state index in [1.807, 2.05) is 0 Å². The molecule has 0 aromatic heterocycles. The fourth-order valence-electron chi connectivity index (χ4n) is 3.72. The molecule has 9 nitrogen and oxygen atoms in total. The fraction of sp³-hybridized carbons (Fsp3) is 0.222. The first-order chi connectivity index (χ1) is 17.5. The lowest BCUT2D eigenvalue weighted by Crippen LogP contribution is -2.54. The molecule has 4 rings (SSSR count). The maximum atomic E-state index is 12.9. The molecule has 36 heavy (non-hydrogen) atoms. The highest BCUT2D eigenvalue weighted by molar-refractivity contribution is 5.90. The minimum Gasteiger partial charge on any atom is -0.459 e. The summed E-state index contributed by atoms with van der Waals surface area (Å²) < 4.78 is 22.4. The number of ether oxygens (including phenoxy) is 4. The predicted octanol–water partition coefficient (Wildman–Crippen LogP) is 3.90. The first-order valence-electron chi connectivity index (χ1n) is 11.2. The molecule has 9 heteroatoms. The van der Waals surface area contributed by atoms with Gasteiger partial charge in [0.05, 0.1) is 16.7 Å². The number of carbonyl (C=O) groups excluding carboxylic acids is 3. The Morgan fingerprint density at radius 1 is 0.722 bits per heavy atom. The molecule has 1 aliphatic heterocycles. The number of carbonyl (C=O) groups is 3. The lowest BCUT2D eigenvalue weighted by molar-refractivity contribution is -0.379. The summed E-state index contributed by atoms with van der Waals surface area (Å²) in [6, 6.07) is 24.8.